The molecule has 6 nitrogen and oxygen atoms in total. The van der Waals surface area contributed by atoms with Crippen LogP contribution in [-0.4, -0.2) is 53.4 Å². The van der Waals surface area contributed by atoms with Crippen LogP contribution in [0.15, 0.2) is 53.8 Å². The summed E-state index contributed by atoms with van der Waals surface area (Å²) in [6.45, 7) is 3.56. The smallest absolute Gasteiger partial charge is 0.193 e. The minimum Gasteiger partial charge on any atom is -0.490 e. The number of benzene rings is 1. The molecule has 0 bridgehead atoms. The fraction of sp³-hybridized carbons (Fsp3) is 0.444. The van der Waals surface area contributed by atoms with Crippen LogP contribution in [0.2, 0.25) is 0 Å². The van der Waals surface area contributed by atoms with E-state index in [0.717, 1.165) is 50.7 Å². The van der Waals surface area contributed by atoms with Gasteiger partial charge in [0.15, 0.2) is 5.96 Å². The van der Waals surface area contributed by atoms with E-state index in [4.69, 9.17) is 4.74 Å². The largest absolute Gasteiger partial charge is 0.490 e. The van der Waals surface area contributed by atoms with Gasteiger partial charge in [0.2, 0.25) is 0 Å². The van der Waals surface area contributed by atoms with Crippen LogP contribution in [0.1, 0.15) is 12.8 Å². The molecule has 2 aromatic rings. The van der Waals surface area contributed by atoms with Crippen molar-refractivity contribution in [1.29, 1.82) is 0 Å². The number of ether oxygens (including phenoxy) is 1. The second-order valence-corrected chi connectivity index (χ2v) is 5.86. The maximum absolute atomic E-state index is 6.05. The highest BCUT2D eigenvalue weighted by molar-refractivity contribution is 5.79. The van der Waals surface area contributed by atoms with Gasteiger partial charge in [-0.2, -0.15) is 5.10 Å². The highest BCUT2D eigenvalue weighted by Gasteiger charge is 2.22. The molecule has 1 aliphatic heterocycles. The van der Waals surface area contributed by atoms with Gasteiger partial charge in [0.05, 0.1) is 6.54 Å². The third-order valence-electron chi connectivity index (χ3n) is 4.18. The fourth-order valence-electron chi connectivity index (χ4n) is 2.92. The van der Waals surface area contributed by atoms with E-state index in [2.05, 4.69) is 20.3 Å². The van der Waals surface area contributed by atoms with Crippen molar-refractivity contribution in [3.63, 3.8) is 0 Å². The number of hydrogen-bond donors (Lipinski definition) is 1. The summed E-state index contributed by atoms with van der Waals surface area (Å²) in [6.07, 6.45) is 6.07. The summed E-state index contributed by atoms with van der Waals surface area (Å²) >= 11 is 0. The van der Waals surface area contributed by atoms with Crippen LogP contribution in [0, 0.1) is 0 Å². The minimum atomic E-state index is 0.283. The van der Waals surface area contributed by atoms with Gasteiger partial charge in [-0.05, 0) is 18.2 Å². The van der Waals surface area contributed by atoms with Gasteiger partial charge in [-0.25, -0.2) is 0 Å². The van der Waals surface area contributed by atoms with Gasteiger partial charge in [-0.15, -0.1) is 0 Å². The maximum atomic E-state index is 6.05. The first-order valence-corrected chi connectivity index (χ1v) is 8.50. The molecular formula is C18H25N5O. The molecule has 1 aliphatic rings. The minimum absolute atomic E-state index is 0.283. The molecule has 1 aromatic heterocycles. The number of rotatable bonds is 5. The predicted octanol–water partition coefficient (Wildman–Crippen LogP) is 2.00. The van der Waals surface area contributed by atoms with Crippen LogP contribution in [-0.2, 0) is 6.54 Å². The highest BCUT2D eigenvalue weighted by atomic mass is 16.5. The number of para-hydroxylation sites is 1. The zero-order valence-corrected chi connectivity index (χ0v) is 14.1. The van der Waals surface area contributed by atoms with E-state index in [9.17, 15) is 0 Å². The van der Waals surface area contributed by atoms with Crippen molar-refractivity contribution in [3.8, 4) is 5.75 Å². The van der Waals surface area contributed by atoms with E-state index in [-0.39, 0.29) is 6.10 Å². The van der Waals surface area contributed by atoms with Crippen molar-refractivity contribution < 1.29 is 4.74 Å². The molecule has 0 saturated carbocycles. The first kappa shape index (κ1) is 16.4. The molecule has 0 amide bonds. The molecule has 1 N–H and O–H groups in total. The van der Waals surface area contributed by atoms with E-state index in [1.807, 2.05) is 54.3 Å². The quantitative estimate of drug-likeness (QED) is 0.674. The predicted molar refractivity (Wildman–Crippen MR) is 95.3 cm³/mol. The van der Waals surface area contributed by atoms with Crippen LogP contribution < -0.4 is 10.1 Å². The Labute approximate surface area is 143 Å². The van der Waals surface area contributed by atoms with Gasteiger partial charge < -0.3 is 15.0 Å². The molecule has 0 atom stereocenters. The van der Waals surface area contributed by atoms with Crippen molar-refractivity contribution in [2.75, 3.05) is 26.7 Å². The third kappa shape index (κ3) is 4.50. The zero-order valence-electron chi connectivity index (χ0n) is 14.1. The number of likely N-dealkylation sites (tertiary alicyclic amines) is 1. The zero-order chi connectivity index (χ0) is 16.6. The lowest BCUT2D eigenvalue weighted by molar-refractivity contribution is 0.129. The third-order valence-corrected chi connectivity index (χ3v) is 4.18. The van der Waals surface area contributed by atoms with Crippen LogP contribution in [0.4, 0.5) is 0 Å². The van der Waals surface area contributed by atoms with Crippen molar-refractivity contribution >= 4 is 5.96 Å². The van der Waals surface area contributed by atoms with E-state index in [1.165, 1.54) is 0 Å². The lowest BCUT2D eigenvalue weighted by Crippen LogP contribution is -2.48. The summed E-state index contributed by atoms with van der Waals surface area (Å²) < 4.78 is 7.97. The number of aromatic nitrogens is 2. The topological polar surface area (TPSA) is 54.7 Å². The fourth-order valence-corrected chi connectivity index (χ4v) is 2.92. The molecule has 24 heavy (non-hydrogen) atoms. The molecule has 0 aliphatic carbocycles. The summed E-state index contributed by atoms with van der Waals surface area (Å²) in [5.41, 5.74) is 0. The molecule has 0 unspecified atom stereocenters. The molecule has 128 valence electrons. The van der Waals surface area contributed by atoms with Crippen molar-refractivity contribution in [3.05, 3.63) is 48.8 Å². The second kappa shape index (κ2) is 8.38. The lowest BCUT2D eigenvalue weighted by Gasteiger charge is -2.34. The van der Waals surface area contributed by atoms with Crippen molar-refractivity contribution in [2.45, 2.75) is 25.5 Å². The Bertz CT molecular complexity index is 618. The second-order valence-electron chi connectivity index (χ2n) is 5.86. The molecule has 3 rings (SSSR count). The first-order chi connectivity index (χ1) is 11.8. The van der Waals surface area contributed by atoms with E-state index in [0.29, 0.717) is 0 Å². The van der Waals surface area contributed by atoms with Gasteiger partial charge in [-0.1, -0.05) is 18.2 Å². The molecule has 1 saturated heterocycles. The average molecular weight is 327 g/mol. The van der Waals surface area contributed by atoms with E-state index in [1.54, 1.807) is 6.20 Å². The summed E-state index contributed by atoms with van der Waals surface area (Å²) in [6, 6.07) is 12.0. The lowest BCUT2D eigenvalue weighted by atomic mass is 10.1. The summed E-state index contributed by atoms with van der Waals surface area (Å²) in [5, 5.41) is 7.62. The number of piperidine rings is 1. The molecule has 1 aromatic carbocycles. The Morgan fingerprint density at radius 2 is 2.04 bits per heavy atom. The average Bonchev–Trinajstić information content (AvgIpc) is 3.14. The van der Waals surface area contributed by atoms with Crippen LogP contribution in [0.3, 0.4) is 0 Å². The highest BCUT2D eigenvalue weighted by Crippen LogP contribution is 2.18. The van der Waals surface area contributed by atoms with Gasteiger partial charge in [0, 0.05) is 51.9 Å². The van der Waals surface area contributed by atoms with Crippen LogP contribution in [0.25, 0.3) is 0 Å². The van der Waals surface area contributed by atoms with Gasteiger partial charge >= 0.3 is 0 Å². The first-order valence-electron chi connectivity index (χ1n) is 8.50. The Morgan fingerprint density at radius 1 is 1.25 bits per heavy atom. The number of nitrogens with zero attached hydrogens (tertiary/aromatic N) is 4. The Kier molecular flexibility index (Phi) is 5.71. The van der Waals surface area contributed by atoms with Crippen LogP contribution in [0.5, 0.6) is 5.75 Å². The van der Waals surface area contributed by atoms with Gasteiger partial charge in [0.25, 0.3) is 0 Å². The summed E-state index contributed by atoms with van der Waals surface area (Å²) in [4.78, 5) is 6.70. The van der Waals surface area contributed by atoms with Gasteiger partial charge in [0.1, 0.15) is 11.9 Å². The Balaban J connectivity index is 1.42. The molecular weight excluding hydrogens is 302 g/mol. The Morgan fingerprint density at radius 3 is 2.71 bits per heavy atom. The van der Waals surface area contributed by atoms with Crippen molar-refractivity contribution in [1.82, 2.24) is 20.0 Å². The Hall–Kier alpha value is -2.50. The number of aliphatic imine (C=N–C) groups is 1. The van der Waals surface area contributed by atoms with Gasteiger partial charge in [-0.3, -0.25) is 9.67 Å². The van der Waals surface area contributed by atoms with Crippen LogP contribution >= 0.6 is 0 Å². The standard InChI is InChI=1S/C18H25N5O/c1-19-18(20-11-15-23-12-5-10-21-23)22-13-8-17(9-14-22)24-16-6-3-2-4-7-16/h2-7,10,12,17H,8-9,11,13-15H2,1H3,(H,19,20). The van der Waals surface area contributed by atoms with E-state index >= 15 is 0 Å². The monoisotopic (exact) mass is 327 g/mol. The number of hydrogen-bond acceptors (Lipinski definition) is 3. The number of nitrogens with one attached hydrogen (secondary N) is 1. The molecule has 0 spiro atoms. The summed E-state index contributed by atoms with van der Waals surface area (Å²) in [5.74, 6) is 1.91. The van der Waals surface area contributed by atoms with E-state index < -0.39 is 0 Å². The molecule has 0 radical (unpaired) electrons. The summed E-state index contributed by atoms with van der Waals surface area (Å²) in [7, 11) is 1.84. The maximum Gasteiger partial charge on any atom is 0.193 e. The SMILES string of the molecule is CN=C(NCCn1cccn1)N1CCC(Oc2ccccc2)CC1. The molecule has 1 fully saturated rings. The number of guanidine groups is 1. The normalized spacial score (nSPS) is 16.2. The van der Waals surface area contributed by atoms with Crippen molar-refractivity contribution in [2.24, 2.45) is 4.99 Å². The molecule has 6 heteroatoms. The molecule has 2 heterocycles.